The molecule has 1 aliphatic carbocycles. The van der Waals surface area contributed by atoms with Gasteiger partial charge in [0.05, 0.1) is 18.8 Å². The summed E-state index contributed by atoms with van der Waals surface area (Å²) >= 11 is 1.38. The number of anilines is 1. The van der Waals surface area contributed by atoms with Crippen LogP contribution in [0.4, 0.5) is 9.93 Å². The van der Waals surface area contributed by atoms with Gasteiger partial charge < -0.3 is 19.1 Å². The van der Waals surface area contributed by atoms with Crippen LogP contribution in [-0.2, 0) is 17.7 Å². The zero-order chi connectivity index (χ0) is 30.3. The Morgan fingerprint density at radius 1 is 1.02 bits per heavy atom. The van der Waals surface area contributed by atoms with Crippen molar-refractivity contribution in [2.75, 3.05) is 18.5 Å². The fraction of sp³-hybridized carbons (Fsp3) is 0.485. The van der Waals surface area contributed by atoms with Crippen molar-refractivity contribution in [1.29, 1.82) is 0 Å². The molecule has 0 bridgehead atoms. The molecule has 0 radical (unpaired) electrons. The Bertz CT molecular complexity index is 1360. The SMILES string of the molecule is CC.Cc1ccc(Oc2cc(OCC3CCCC3)cc(C(=O)Nc3nc4c(s3)CN(C(=O)OC(C)(C)C)CC4)c2)cc1. The van der Waals surface area contributed by atoms with E-state index in [2.05, 4.69) is 10.3 Å². The summed E-state index contributed by atoms with van der Waals surface area (Å²) in [6, 6.07) is 13.1. The van der Waals surface area contributed by atoms with Crippen LogP contribution in [0.5, 0.6) is 17.2 Å². The van der Waals surface area contributed by atoms with E-state index < -0.39 is 5.60 Å². The molecule has 2 amide bonds. The van der Waals surface area contributed by atoms with E-state index >= 15 is 0 Å². The molecule has 0 spiro atoms. The number of benzene rings is 2. The van der Waals surface area contributed by atoms with Crippen LogP contribution in [0, 0.1) is 12.8 Å². The first-order valence-electron chi connectivity index (χ1n) is 14.9. The second kappa shape index (κ2) is 14.1. The maximum absolute atomic E-state index is 13.4. The van der Waals surface area contributed by atoms with Crippen molar-refractivity contribution in [2.24, 2.45) is 5.92 Å². The fourth-order valence-corrected chi connectivity index (χ4v) is 5.90. The third kappa shape index (κ3) is 8.71. The summed E-state index contributed by atoms with van der Waals surface area (Å²) < 4.78 is 17.8. The molecule has 226 valence electrons. The van der Waals surface area contributed by atoms with E-state index in [4.69, 9.17) is 14.2 Å². The number of rotatable bonds is 7. The van der Waals surface area contributed by atoms with Crippen molar-refractivity contribution >= 4 is 28.5 Å². The average Bonchev–Trinajstić information content (AvgIpc) is 3.62. The van der Waals surface area contributed by atoms with E-state index in [1.807, 2.05) is 71.9 Å². The maximum atomic E-state index is 13.4. The molecule has 2 aliphatic rings. The van der Waals surface area contributed by atoms with Crippen LogP contribution in [0.15, 0.2) is 42.5 Å². The van der Waals surface area contributed by atoms with Crippen LogP contribution in [0.2, 0.25) is 0 Å². The number of nitrogens with one attached hydrogen (secondary N) is 1. The number of carbonyl (C=O) groups excluding carboxylic acids is 2. The van der Waals surface area contributed by atoms with Crippen LogP contribution in [0.3, 0.4) is 0 Å². The summed E-state index contributed by atoms with van der Waals surface area (Å²) in [5.41, 5.74) is 1.91. The molecule has 1 aromatic heterocycles. The second-order valence-corrected chi connectivity index (χ2v) is 12.6. The van der Waals surface area contributed by atoms with Crippen molar-refractivity contribution in [3.05, 3.63) is 64.2 Å². The molecule has 3 aromatic rings. The van der Waals surface area contributed by atoms with Gasteiger partial charge in [0.1, 0.15) is 22.8 Å². The Kier molecular flexibility index (Phi) is 10.5. The first kappa shape index (κ1) is 31.3. The minimum atomic E-state index is -0.554. The summed E-state index contributed by atoms with van der Waals surface area (Å²) in [7, 11) is 0. The topological polar surface area (TPSA) is 90.0 Å². The molecule has 1 N–H and O–H groups in total. The Balaban J connectivity index is 0.00000198. The number of nitrogens with zero attached hydrogens (tertiary/aromatic N) is 2. The lowest BCUT2D eigenvalue weighted by Gasteiger charge is -2.29. The molecule has 0 saturated heterocycles. The molecule has 8 nitrogen and oxygen atoms in total. The number of aryl methyl sites for hydroxylation is 1. The number of fused-ring (bicyclic) bond motifs is 1. The predicted molar refractivity (Wildman–Crippen MR) is 167 cm³/mol. The zero-order valence-corrected chi connectivity index (χ0v) is 26.4. The lowest BCUT2D eigenvalue weighted by atomic mass is 10.1. The van der Waals surface area contributed by atoms with Crippen LogP contribution < -0.4 is 14.8 Å². The van der Waals surface area contributed by atoms with Gasteiger partial charge in [0.25, 0.3) is 5.91 Å². The fourth-order valence-electron chi connectivity index (χ4n) is 4.88. The van der Waals surface area contributed by atoms with Crippen molar-refractivity contribution in [2.45, 2.75) is 85.8 Å². The van der Waals surface area contributed by atoms with Crippen LogP contribution in [0.25, 0.3) is 0 Å². The number of ether oxygens (including phenoxy) is 3. The third-order valence-electron chi connectivity index (χ3n) is 6.96. The Morgan fingerprint density at radius 2 is 1.71 bits per heavy atom. The number of thiazole rings is 1. The van der Waals surface area contributed by atoms with Gasteiger partial charge in [-0.2, -0.15) is 0 Å². The number of hydrogen-bond donors (Lipinski definition) is 1. The molecule has 5 rings (SSSR count). The molecule has 1 aliphatic heterocycles. The van der Waals surface area contributed by atoms with Crippen molar-refractivity contribution in [1.82, 2.24) is 9.88 Å². The summed E-state index contributed by atoms with van der Waals surface area (Å²) in [6.45, 7) is 13.2. The molecule has 1 saturated carbocycles. The standard InChI is InChI=1S/C31H37N3O5S.C2H6/c1-20-9-11-23(12-10-20)38-25-16-22(15-24(17-25)37-19-21-7-5-6-8-21)28(35)33-29-32-26-13-14-34(18-27(26)40-29)30(36)39-31(2,3)4;1-2/h9-12,15-17,21H,5-8,13-14,18-19H2,1-4H3,(H,32,33,35);1-2H3. The molecule has 0 atom stereocenters. The molecular formula is C33H43N3O5S. The minimum Gasteiger partial charge on any atom is -0.493 e. The number of carbonyl (C=O) groups is 2. The highest BCUT2D eigenvalue weighted by Gasteiger charge is 2.28. The quantitative estimate of drug-likeness (QED) is 0.296. The molecule has 2 heterocycles. The van der Waals surface area contributed by atoms with Gasteiger partial charge in [-0.05, 0) is 70.7 Å². The molecule has 2 aromatic carbocycles. The van der Waals surface area contributed by atoms with Gasteiger partial charge in [0.15, 0.2) is 5.13 Å². The highest BCUT2D eigenvalue weighted by molar-refractivity contribution is 7.15. The lowest BCUT2D eigenvalue weighted by Crippen LogP contribution is -2.39. The number of hydrogen-bond acceptors (Lipinski definition) is 7. The Labute approximate surface area is 253 Å². The monoisotopic (exact) mass is 593 g/mol. The highest BCUT2D eigenvalue weighted by Crippen LogP contribution is 2.32. The molecule has 42 heavy (non-hydrogen) atoms. The van der Waals surface area contributed by atoms with Gasteiger partial charge in [-0.25, -0.2) is 9.78 Å². The molecule has 1 fully saturated rings. The van der Waals surface area contributed by atoms with Crippen LogP contribution in [0.1, 0.15) is 86.8 Å². The second-order valence-electron chi connectivity index (χ2n) is 11.6. The zero-order valence-electron chi connectivity index (χ0n) is 25.6. The summed E-state index contributed by atoms with van der Waals surface area (Å²) in [4.78, 5) is 33.2. The van der Waals surface area contributed by atoms with Crippen LogP contribution in [-0.4, -0.2) is 40.6 Å². The van der Waals surface area contributed by atoms with Gasteiger partial charge in [-0.1, -0.05) is 55.7 Å². The summed E-state index contributed by atoms with van der Waals surface area (Å²) in [6.07, 6.45) is 5.10. The van der Waals surface area contributed by atoms with Gasteiger partial charge >= 0.3 is 6.09 Å². The van der Waals surface area contributed by atoms with E-state index in [-0.39, 0.29) is 12.0 Å². The number of amides is 2. The van der Waals surface area contributed by atoms with Gasteiger partial charge in [0.2, 0.25) is 0 Å². The third-order valence-corrected chi connectivity index (χ3v) is 7.96. The minimum absolute atomic E-state index is 0.296. The van der Waals surface area contributed by atoms with E-state index in [9.17, 15) is 9.59 Å². The smallest absolute Gasteiger partial charge is 0.410 e. The Morgan fingerprint density at radius 3 is 2.40 bits per heavy atom. The first-order valence-corrected chi connectivity index (χ1v) is 15.7. The van der Waals surface area contributed by atoms with E-state index in [0.717, 1.165) is 16.1 Å². The van der Waals surface area contributed by atoms with Crippen molar-refractivity contribution < 1.29 is 23.8 Å². The average molecular weight is 594 g/mol. The van der Waals surface area contributed by atoms with Crippen molar-refractivity contribution in [3.63, 3.8) is 0 Å². The Hall–Kier alpha value is -3.59. The van der Waals surface area contributed by atoms with Gasteiger partial charge in [-0.15, -0.1) is 0 Å². The molecule has 0 unspecified atom stereocenters. The first-order chi connectivity index (χ1) is 20.1. The van der Waals surface area contributed by atoms with Crippen LogP contribution >= 0.6 is 11.3 Å². The van der Waals surface area contributed by atoms with Gasteiger partial charge in [-0.3, -0.25) is 10.1 Å². The van der Waals surface area contributed by atoms with Gasteiger partial charge in [0, 0.05) is 29.5 Å². The van der Waals surface area contributed by atoms with Crippen molar-refractivity contribution in [3.8, 4) is 17.2 Å². The number of aromatic nitrogens is 1. The summed E-state index contributed by atoms with van der Waals surface area (Å²) in [5.74, 6) is 2.07. The highest BCUT2D eigenvalue weighted by atomic mass is 32.1. The maximum Gasteiger partial charge on any atom is 0.410 e. The molecular weight excluding hydrogens is 550 g/mol. The van der Waals surface area contributed by atoms with E-state index in [1.165, 1.54) is 37.0 Å². The van der Waals surface area contributed by atoms with E-state index in [1.54, 1.807) is 17.0 Å². The lowest BCUT2D eigenvalue weighted by molar-refractivity contribution is 0.0225. The predicted octanol–water partition coefficient (Wildman–Crippen LogP) is 8.38. The summed E-state index contributed by atoms with van der Waals surface area (Å²) in [5, 5.41) is 3.44. The largest absolute Gasteiger partial charge is 0.493 e. The molecule has 9 heteroatoms. The normalized spacial score (nSPS) is 14.9. The van der Waals surface area contributed by atoms with E-state index in [0.29, 0.717) is 60.0 Å².